The molecule has 1 aromatic carbocycles. The van der Waals surface area contributed by atoms with Crippen LogP contribution in [0.4, 0.5) is 5.69 Å². The van der Waals surface area contributed by atoms with E-state index in [1.807, 2.05) is 22.9 Å². The predicted molar refractivity (Wildman–Crippen MR) is 77.4 cm³/mol. The Morgan fingerprint density at radius 1 is 1.16 bits per heavy atom. The fourth-order valence-corrected chi connectivity index (χ4v) is 2.46. The molecule has 1 heterocycles. The smallest absolute Gasteiger partial charge is 0.293 e. The lowest BCUT2D eigenvalue weighted by Crippen LogP contribution is -1.99. The number of hydrogen-bond acceptors (Lipinski definition) is 2. The summed E-state index contributed by atoms with van der Waals surface area (Å²) in [5.41, 5.74) is 0.957. The molecule has 0 unspecified atom stereocenters. The summed E-state index contributed by atoms with van der Waals surface area (Å²) >= 11 is 0. The fraction of sp³-hybridized carbons (Fsp3) is 0.467. The van der Waals surface area contributed by atoms with Crippen molar-refractivity contribution in [2.45, 2.75) is 45.6 Å². The highest BCUT2D eigenvalue weighted by Crippen LogP contribution is 2.26. The molecule has 4 heteroatoms. The second-order valence-corrected chi connectivity index (χ2v) is 4.90. The average Bonchev–Trinajstić information content (AvgIpc) is 2.81. The third-order valence-corrected chi connectivity index (χ3v) is 3.47. The molecule has 4 nitrogen and oxygen atoms in total. The minimum atomic E-state index is -0.296. The first-order valence-corrected chi connectivity index (χ1v) is 6.96. The molecule has 19 heavy (non-hydrogen) atoms. The van der Waals surface area contributed by atoms with E-state index in [2.05, 4.69) is 6.92 Å². The van der Waals surface area contributed by atoms with Gasteiger partial charge in [0, 0.05) is 24.2 Å². The number of hydrogen-bond donors (Lipinski definition) is 0. The van der Waals surface area contributed by atoms with Crippen LogP contribution in [0.15, 0.2) is 30.5 Å². The van der Waals surface area contributed by atoms with Crippen LogP contribution in [0, 0.1) is 10.1 Å². The Labute approximate surface area is 113 Å². The van der Waals surface area contributed by atoms with Crippen molar-refractivity contribution in [1.29, 1.82) is 0 Å². The van der Waals surface area contributed by atoms with Gasteiger partial charge in [-0.1, -0.05) is 44.7 Å². The number of benzene rings is 1. The molecular formula is C15H20N2O2. The van der Waals surface area contributed by atoms with Crippen molar-refractivity contribution < 1.29 is 4.92 Å². The van der Waals surface area contributed by atoms with Crippen molar-refractivity contribution in [3.63, 3.8) is 0 Å². The van der Waals surface area contributed by atoms with Gasteiger partial charge < -0.3 is 4.57 Å². The summed E-state index contributed by atoms with van der Waals surface area (Å²) in [4.78, 5) is 10.8. The minimum absolute atomic E-state index is 0.205. The molecule has 0 saturated carbocycles. The molecule has 0 fully saturated rings. The Kier molecular flexibility index (Phi) is 4.55. The molecule has 0 amide bonds. The molecule has 0 saturated heterocycles. The van der Waals surface area contributed by atoms with Gasteiger partial charge in [0.25, 0.3) is 5.69 Å². The van der Waals surface area contributed by atoms with Gasteiger partial charge in [0.2, 0.25) is 0 Å². The van der Waals surface area contributed by atoms with Gasteiger partial charge in [0.15, 0.2) is 0 Å². The van der Waals surface area contributed by atoms with Crippen LogP contribution < -0.4 is 0 Å². The van der Waals surface area contributed by atoms with Gasteiger partial charge in [-0.2, -0.15) is 0 Å². The Bertz CT molecular complexity index is 560. The van der Waals surface area contributed by atoms with Crippen LogP contribution in [0.1, 0.15) is 39.0 Å². The van der Waals surface area contributed by atoms with E-state index in [-0.39, 0.29) is 10.6 Å². The Morgan fingerprint density at radius 3 is 2.68 bits per heavy atom. The van der Waals surface area contributed by atoms with Gasteiger partial charge in [-0.3, -0.25) is 10.1 Å². The second-order valence-electron chi connectivity index (χ2n) is 4.90. The molecule has 0 N–H and O–H groups in total. The molecule has 0 spiro atoms. The molecule has 0 atom stereocenters. The van der Waals surface area contributed by atoms with E-state index in [0.29, 0.717) is 0 Å². The van der Waals surface area contributed by atoms with E-state index in [1.165, 1.54) is 25.7 Å². The summed E-state index contributed by atoms with van der Waals surface area (Å²) in [7, 11) is 0. The van der Waals surface area contributed by atoms with Gasteiger partial charge in [-0.05, 0) is 12.5 Å². The van der Waals surface area contributed by atoms with Gasteiger partial charge >= 0.3 is 0 Å². The molecular weight excluding hydrogens is 240 g/mol. The number of para-hydroxylation sites is 1. The molecule has 102 valence electrons. The van der Waals surface area contributed by atoms with Crippen molar-refractivity contribution in [3.05, 3.63) is 40.6 Å². The first-order chi connectivity index (χ1) is 9.24. The van der Waals surface area contributed by atoms with Gasteiger partial charge in [0.1, 0.15) is 5.52 Å². The van der Waals surface area contributed by atoms with E-state index in [1.54, 1.807) is 12.1 Å². The third kappa shape index (κ3) is 3.13. The first kappa shape index (κ1) is 13.6. The molecule has 2 aromatic rings. The molecule has 0 bridgehead atoms. The zero-order valence-corrected chi connectivity index (χ0v) is 11.3. The van der Waals surface area contributed by atoms with Crippen LogP contribution in [0.5, 0.6) is 0 Å². The van der Waals surface area contributed by atoms with Crippen LogP contribution in [0.2, 0.25) is 0 Å². The Morgan fingerprint density at radius 2 is 1.95 bits per heavy atom. The molecule has 0 aliphatic heterocycles. The fourth-order valence-electron chi connectivity index (χ4n) is 2.46. The van der Waals surface area contributed by atoms with Crippen molar-refractivity contribution in [2.24, 2.45) is 0 Å². The number of unbranched alkanes of at least 4 members (excludes halogenated alkanes) is 4. The number of rotatable bonds is 7. The highest BCUT2D eigenvalue weighted by molar-refractivity contribution is 5.88. The van der Waals surface area contributed by atoms with Crippen molar-refractivity contribution in [1.82, 2.24) is 4.57 Å². The third-order valence-electron chi connectivity index (χ3n) is 3.47. The van der Waals surface area contributed by atoms with Gasteiger partial charge in [0.05, 0.1) is 4.92 Å². The highest BCUT2D eigenvalue weighted by atomic mass is 16.6. The SMILES string of the molecule is CCCCCCCn1ccc2cccc([N+](=O)[O-])c21. The van der Waals surface area contributed by atoms with Crippen LogP contribution in [0.3, 0.4) is 0 Å². The first-order valence-electron chi connectivity index (χ1n) is 6.96. The molecule has 0 radical (unpaired) electrons. The highest BCUT2D eigenvalue weighted by Gasteiger charge is 2.14. The zero-order valence-electron chi connectivity index (χ0n) is 11.3. The van der Waals surface area contributed by atoms with E-state index >= 15 is 0 Å². The number of aryl methyl sites for hydroxylation is 1. The Hall–Kier alpha value is -1.84. The largest absolute Gasteiger partial charge is 0.342 e. The summed E-state index contributed by atoms with van der Waals surface area (Å²) in [5, 5.41) is 12.0. The van der Waals surface area contributed by atoms with Crippen LogP contribution in [-0.2, 0) is 6.54 Å². The number of fused-ring (bicyclic) bond motifs is 1. The number of nitro groups is 1. The van der Waals surface area contributed by atoms with Crippen LogP contribution in [-0.4, -0.2) is 9.49 Å². The van der Waals surface area contributed by atoms with E-state index in [0.717, 1.165) is 23.9 Å². The summed E-state index contributed by atoms with van der Waals surface area (Å²) in [6.45, 7) is 3.06. The average molecular weight is 260 g/mol. The standard InChI is InChI=1S/C15H20N2O2/c1-2-3-4-5-6-11-16-12-10-13-8-7-9-14(15(13)16)17(18)19/h7-10,12H,2-6,11H2,1H3. The van der Waals surface area contributed by atoms with Crippen molar-refractivity contribution in [3.8, 4) is 0 Å². The maximum atomic E-state index is 11.1. The number of nitro benzene ring substituents is 1. The maximum absolute atomic E-state index is 11.1. The van der Waals surface area contributed by atoms with E-state index < -0.39 is 0 Å². The van der Waals surface area contributed by atoms with Crippen LogP contribution in [0.25, 0.3) is 10.9 Å². The lowest BCUT2D eigenvalue weighted by atomic mass is 10.1. The van der Waals surface area contributed by atoms with E-state index in [9.17, 15) is 10.1 Å². The quantitative estimate of drug-likeness (QED) is 0.417. The predicted octanol–water partition coefficient (Wildman–Crippen LogP) is 4.52. The van der Waals surface area contributed by atoms with Crippen LogP contribution >= 0.6 is 0 Å². The maximum Gasteiger partial charge on any atom is 0.293 e. The molecule has 2 rings (SSSR count). The second kappa shape index (κ2) is 6.36. The Balaban J connectivity index is 2.12. The summed E-state index contributed by atoms with van der Waals surface area (Å²) < 4.78 is 2.01. The summed E-state index contributed by atoms with van der Waals surface area (Å²) in [6, 6.07) is 7.20. The molecule has 0 aliphatic carbocycles. The van der Waals surface area contributed by atoms with Crippen molar-refractivity contribution >= 4 is 16.6 Å². The summed E-state index contributed by atoms with van der Waals surface area (Å²) in [5.74, 6) is 0. The van der Waals surface area contributed by atoms with E-state index in [4.69, 9.17) is 0 Å². The van der Waals surface area contributed by atoms with Crippen molar-refractivity contribution in [2.75, 3.05) is 0 Å². The monoisotopic (exact) mass is 260 g/mol. The molecule has 0 aliphatic rings. The minimum Gasteiger partial charge on any atom is -0.342 e. The normalized spacial score (nSPS) is 11.0. The van der Waals surface area contributed by atoms with Gasteiger partial charge in [-0.15, -0.1) is 0 Å². The topological polar surface area (TPSA) is 48.1 Å². The van der Waals surface area contributed by atoms with Gasteiger partial charge in [-0.25, -0.2) is 0 Å². The molecule has 1 aromatic heterocycles. The zero-order chi connectivity index (χ0) is 13.7. The number of nitrogens with zero attached hydrogens (tertiary/aromatic N) is 2. The number of non-ortho nitro benzene ring substituents is 1. The number of aromatic nitrogens is 1. The lowest BCUT2D eigenvalue weighted by Gasteiger charge is -2.05. The summed E-state index contributed by atoms with van der Waals surface area (Å²) in [6.07, 6.45) is 7.98. The lowest BCUT2D eigenvalue weighted by molar-refractivity contribution is -0.383.